The fourth-order valence-electron chi connectivity index (χ4n) is 3.39. The van der Waals surface area contributed by atoms with Crippen molar-refractivity contribution in [2.45, 2.75) is 19.5 Å². The Morgan fingerprint density at radius 1 is 1.00 bits per heavy atom. The maximum Gasteiger partial charge on any atom is 0.0483 e. The third-order valence-corrected chi connectivity index (χ3v) is 4.55. The van der Waals surface area contributed by atoms with Crippen molar-refractivity contribution < 1.29 is 0 Å². The van der Waals surface area contributed by atoms with Gasteiger partial charge in [-0.25, -0.2) is 0 Å². The molecule has 0 saturated carbocycles. The lowest BCUT2D eigenvalue weighted by Crippen LogP contribution is -2.17. The summed E-state index contributed by atoms with van der Waals surface area (Å²) in [5, 5.41) is 4.80. The minimum atomic E-state index is 0.587. The highest BCUT2D eigenvalue weighted by Crippen LogP contribution is 2.28. The largest absolute Gasteiger partial charge is 0.343 e. The predicted molar refractivity (Wildman–Crippen MR) is 91.8 cm³/mol. The first-order valence-electron chi connectivity index (χ1n) is 7.97. The van der Waals surface area contributed by atoms with E-state index >= 15 is 0 Å². The molecule has 0 unspecified atom stereocenters. The smallest absolute Gasteiger partial charge is 0.0483 e. The Bertz CT molecular complexity index is 817. The first kappa shape index (κ1) is 13.6. The van der Waals surface area contributed by atoms with Crippen molar-refractivity contribution in [3.63, 3.8) is 0 Å². The van der Waals surface area contributed by atoms with E-state index in [0.29, 0.717) is 6.54 Å². The molecule has 0 amide bonds. The summed E-state index contributed by atoms with van der Waals surface area (Å²) in [7, 11) is 0. The molecule has 1 aromatic heterocycles. The Balaban J connectivity index is 1.80. The van der Waals surface area contributed by atoms with E-state index in [0.717, 1.165) is 26.1 Å². The molecule has 0 spiro atoms. The lowest BCUT2D eigenvalue weighted by molar-refractivity contribution is 0.658. The third kappa shape index (κ3) is 2.32. The van der Waals surface area contributed by atoms with Crippen molar-refractivity contribution in [3.8, 4) is 11.1 Å². The number of hydrogen-bond acceptors (Lipinski definition) is 2. The topological polar surface area (TPSA) is 43.0 Å². The molecule has 1 aliphatic rings. The van der Waals surface area contributed by atoms with E-state index in [-0.39, 0.29) is 0 Å². The summed E-state index contributed by atoms with van der Waals surface area (Å²) in [5.41, 5.74) is 12.2. The molecule has 22 heavy (non-hydrogen) atoms. The van der Waals surface area contributed by atoms with Gasteiger partial charge in [-0.3, -0.25) is 0 Å². The van der Waals surface area contributed by atoms with Crippen LogP contribution in [0.3, 0.4) is 0 Å². The number of nitrogens with two attached hydrogens (primary N) is 1. The molecule has 0 aliphatic carbocycles. The number of nitrogens with zero attached hydrogens (tertiary/aromatic N) is 1. The van der Waals surface area contributed by atoms with Crippen LogP contribution in [0.5, 0.6) is 0 Å². The van der Waals surface area contributed by atoms with Gasteiger partial charge in [0, 0.05) is 49.2 Å². The number of aromatic nitrogens is 1. The molecule has 2 heterocycles. The molecule has 3 N–H and O–H groups in total. The van der Waals surface area contributed by atoms with Crippen LogP contribution in [0.25, 0.3) is 22.0 Å². The van der Waals surface area contributed by atoms with Crippen LogP contribution in [0.15, 0.2) is 48.5 Å². The van der Waals surface area contributed by atoms with Crippen LogP contribution in [0, 0.1) is 0 Å². The summed E-state index contributed by atoms with van der Waals surface area (Å²) < 4.78 is 2.45. The molecule has 2 aromatic carbocycles. The van der Waals surface area contributed by atoms with Gasteiger partial charge in [-0.1, -0.05) is 24.3 Å². The second-order valence-corrected chi connectivity index (χ2v) is 5.97. The summed E-state index contributed by atoms with van der Waals surface area (Å²) in [6, 6.07) is 17.6. The molecule has 3 aromatic rings. The fraction of sp³-hybridized carbons (Fsp3) is 0.263. The Hall–Kier alpha value is -2.10. The second kappa shape index (κ2) is 5.59. The summed E-state index contributed by atoms with van der Waals surface area (Å²) in [6.07, 6.45) is 1.10. The Labute approximate surface area is 130 Å². The van der Waals surface area contributed by atoms with E-state index in [1.807, 2.05) is 0 Å². The highest BCUT2D eigenvalue weighted by atomic mass is 15.0. The SMILES string of the molecule is NCc1cccc(-c2ccc3c(c2)cc2n3CCNCC2)c1. The molecule has 0 atom stereocenters. The van der Waals surface area contributed by atoms with Crippen molar-refractivity contribution in [2.24, 2.45) is 5.73 Å². The Morgan fingerprint density at radius 3 is 2.82 bits per heavy atom. The van der Waals surface area contributed by atoms with Gasteiger partial charge in [-0.05, 0) is 41.0 Å². The molecule has 4 rings (SSSR count). The summed E-state index contributed by atoms with van der Waals surface area (Å²) in [4.78, 5) is 0. The molecule has 0 saturated heterocycles. The Morgan fingerprint density at radius 2 is 1.91 bits per heavy atom. The summed E-state index contributed by atoms with van der Waals surface area (Å²) >= 11 is 0. The van der Waals surface area contributed by atoms with Crippen LogP contribution in [-0.2, 0) is 19.5 Å². The standard InChI is InChI=1S/C19H21N3/c20-13-14-2-1-3-15(10-14)16-4-5-19-17(11-16)12-18-6-7-21-8-9-22(18)19/h1-5,10-12,21H,6-9,13,20H2. The van der Waals surface area contributed by atoms with Crippen LogP contribution >= 0.6 is 0 Å². The highest BCUT2D eigenvalue weighted by Gasteiger charge is 2.12. The van der Waals surface area contributed by atoms with Gasteiger partial charge in [0.1, 0.15) is 0 Å². The molecule has 0 bridgehead atoms. The Kier molecular flexibility index (Phi) is 3.45. The summed E-state index contributed by atoms with van der Waals surface area (Å²) in [5.74, 6) is 0. The van der Waals surface area contributed by atoms with Crippen LogP contribution in [0.4, 0.5) is 0 Å². The number of hydrogen-bond donors (Lipinski definition) is 2. The number of fused-ring (bicyclic) bond motifs is 3. The maximum absolute atomic E-state index is 5.76. The third-order valence-electron chi connectivity index (χ3n) is 4.55. The second-order valence-electron chi connectivity index (χ2n) is 5.97. The molecule has 1 aliphatic heterocycles. The normalized spacial score (nSPS) is 14.8. The van der Waals surface area contributed by atoms with Crippen LogP contribution < -0.4 is 11.1 Å². The zero-order valence-corrected chi connectivity index (χ0v) is 12.7. The minimum absolute atomic E-state index is 0.587. The van der Waals surface area contributed by atoms with Crippen molar-refractivity contribution in [2.75, 3.05) is 13.1 Å². The van der Waals surface area contributed by atoms with E-state index in [9.17, 15) is 0 Å². The average molecular weight is 291 g/mol. The minimum Gasteiger partial charge on any atom is -0.343 e. The van der Waals surface area contributed by atoms with Crippen molar-refractivity contribution in [1.29, 1.82) is 0 Å². The molecule has 3 nitrogen and oxygen atoms in total. The quantitative estimate of drug-likeness (QED) is 0.762. The van der Waals surface area contributed by atoms with Gasteiger partial charge in [-0.15, -0.1) is 0 Å². The van der Waals surface area contributed by atoms with Crippen LogP contribution in [0.2, 0.25) is 0 Å². The van der Waals surface area contributed by atoms with Gasteiger partial charge in [0.2, 0.25) is 0 Å². The van der Waals surface area contributed by atoms with E-state index in [1.54, 1.807) is 0 Å². The van der Waals surface area contributed by atoms with Gasteiger partial charge in [-0.2, -0.15) is 0 Å². The first-order chi connectivity index (χ1) is 10.8. The van der Waals surface area contributed by atoms with Crippen LogP contribution in [0.1, 0.15) is 11.3 Å². The van der Waals surface area contributed by atoms with Crippen LogP contribution in [-0.4, -0.2) is 17.7 Å². The predicted octanol–water partition coefficient (Wildman–Crippen LogP) is 2.91. The molecule has 0 radical (unpaired) electrons. The lowest BCUT2D eigenvalue weighted by atomic mass is 10.0. The fourth-order valence-corrected chi connectivity index (χ4v) is 3.39. The van der Waals surface area contributed by atoms with Crippen molar-refractivity contribution >= 4 is 10.9 Å². The zero-order chi connectivity index (χ0) is 14.9. The van der Waals surface area contributed by atoms with Gasteiger partial charge >= 0.3 is 0 Å². The highest BCUT2D eigenvalue weighted by molar-refractivity contribution is 5.86. The van der Waals surface area contributed by atoms with Gasteiger partial charge in [0.25, 0.3) is 0 Å². The molecule has 3 heteroatoms. The van der Waals surface area contributed by atoms with E-state index in [4.69, 9.17) is 5.73 Å². The van der Waals surface area contributed by atoms with Crippen molar-refractivity contribution in [3.05, 3.63) is 59.8 Å². The van der Waals surface area contributed by atoms with E-state index < -0.39 is 0 Å². The number of rotatable bonds is 2. The molecular weight excluding hydrogens is 270 g/mol. The first-order valence-corrected chi connectivity index (χ1v) is 7.97. The van der Waals surface area contributed by atoms with Gasteiger partial charge < -0.3 is 15.6 Å². The van der Waals surface area contributed by atoms with E-state index in [1.165, 1.54) is 33.3 Å². The lowest BCUT2D eigenvalue weighted by Gasteiger charge is -2.07. The molecule has 0 fully saturated rings. The zero-order valence-electron chi connectivity index (χ0n) is 12.7. The van der Waals surface area contributed by atoms with E-state index in [2.05, 4.69) is 58.4 Å². The summed E-state index contributed by atoms with van der Waals surface area (Å²) in [6.45, 7) is 3.77. The monoisotopic (exact) mass is 291 g/mol. The van der Waals surface area contributed by atoms with Gasteiger partial charge in [0.15, 0.2) is 0 Å². The number of benzene rings is 2. The van der Waals surface area contributed by atoms with Gasteiger partial charge in [0.05, 0.1) is 0 Å². The molecular formula is C19H21N3. The average Bonchev–Trinajstić information content (AvgIpc) is 2.75. The number of nitrogens with one attached hydrogen (secondary N) is 1. The molecule has 112 valence electrons. The van der Waals surface area contributed by atoms with Crippen molar-refractivity contribution in [1.82, 2.24) is 9.88 Å². The maximum atomic E-state index is 5.76.